The topological polar surface area (TPSA) is 67.2 Å². The minimum atomic E-state index is 0.101. The number of benzene rings is 1. The summed E-state index contributed by atoms with van der Waals surface area (Å²) in [5, 5.41) is 1.13. The molecule has 2 aliphatic rings. The fraction of sp³-hybridized carbons (Fsp3) is 0.571. The first-order valence-electron chi connectivity index (χ1n) is 10.4. The molecule has 1 aromatic heterocycles. The SMILES string of the molecule is C[NH+](CC(=O)N1CCOCC1)CC(=O)N1CCC[C@H](c2nc3ccccc3s2)C1. The molecule has 8 heteroatoms. The number of likely N-dealkylation sites (tertiary alicyclic amines) is 1. The molecule has 2 fully saturated rings. The van der Waals surface area contributed by atoms with Crippen LogP contribution >= 0.6 is 11.3 Å². The summed E-state index contributed by atoms with van der Waals surface area (Å²) in [6.45, 7) is 4.72. The van der Waals surface area contributed by atoms with Crippen LogP contribution in [0, 0.1) is 0 Å². The number of quaternary nitrogens is 1. The molecule has 156 valence electrons. The van der Waals surface area contributed by atoms with Gasteiger partial charge in [0.15, 0.2) is 13.1 Å². The van der Waals surface area contributed by atoms with E-state index in [-0.39, 0.29) is 11.8 Å². The number of amides is 2. The molecule has 3 heterocycles. The number of nitrogens with one attached hydrogen (secondary N) is 1. The highest BCUT2D eigenvalue weighted by Crippen LogP contribution is 2.32. The number of nitrogens with zero attached hydrogens (tertiary/aromatic N) is 3. The van der Waals surface area contributed by atoms with E-state index in [0.717, 1.165) is 41.4 Å². The number of hydrogen-bond acceptors (Lipinski definition) is 5. The second-order valence-electron chi connectivity index (χ2n) is 8.00. The molecular weight excluding hydrogens is 388 g/mol. The Labute approximate surface area is 175 Å². The highest BCUT2D eigenvalue weighted by atomic mass is 32.1. The van der Waals surface area contributed by atoms with Crippen molar-refractivity contribution in [3.8, 4) is 0 Å². The van der Waals surface area contributed by atoms with E-state index in [4.69, 9.17) is 9.72 Å². The first kappa shape index (κ1) is 20.3. The predicted molar refractivity (Wildman–Crippen MR) is 112 cm³/mol. The molecule has 2 aliphatic heterocycles. The third-order valence-electron chi connectivity index (χ3n) is 5.70. The maximum absolute atomic E-state index is 12.9. The number of carbonyl (C=O) groups excluding carboxylic acids is 2. The largest absolute Gasteiger partial charge is 0.378 e. The number of likely N-dealkylation sites (N-methyl/N-ethyl adjacent to an activating group) is 1. The molecule has 0 radical (unpaired) electrons. The van der Waals surface area contributed by atoms with Crippen molar-refractivity contribution in [3.05, 3.63) is 29.3 Å². The number of hydrogen-bond donors (Lipinski definition) is 1. The average molecular weight is 418 g/mol. The third kappa shape index (κ3) is 4.94. The molecule has 1 N–H and O–H groups in total. The van der Waals surface area contributed by atoms with Gasteiger partial charge in [0.25, 0.3) is 11.8 Å². The molecule has 2 saturated heterocycles. The van der Waals surface area contributed by atoms with Gasteiger partial charge in [-0.05, 0) is 25.0 Å². The van der Waals surface area contributed by atoms with Crippen molar-refractivity contribution in [2.75, 3.05) is 59.5 Å². The Balaban J connectivity index is 1.31. The monoisotopic (exact) mass is 417 g/mol. The Morgan fingerprint density at radius 1 is 1.14 bits per heavy atom. The summed E-state index contributed by atoms with van der Waals surface area (Å²) in [7, 11) is 1.92. The zero-order valence-corrected chi connectivity index (χ0v) is 17.7. The number of ether oxygens (including phenoxy) is 1. The summed E-state index contributed by atoms with van der Waals surface area (Å²) in [6, 6.07) is 8.20. The molecule has 2 aromatic rings. The van der Waals surface area contributed by atoms with E-state index >= 15 is 0 Å². The van der Waals surface area contributed by atoms with Crippen molar-refractivity contribution >= 4 is 33.4 Å². The number of rotatable bonds is 5. The zero-order valence-electron chi connectivity index (χ0n) is 16.9. The van der Waals surface area contributed by atoms with Crippen LogP contribution in [0.15, 0.2) is 24.3 Å². The van der Waals surface area contributed by atoms with Crippen molar-refractivity contribution in [2.24, 2.45) is 0 Å². The Morgan fingerprint density at radius 2 is 1.86 bits per heavy atom. The van der Waals surface area contributed by atoms with Gasteiger partial charge in [0.05, 0.1) is 35.5 Å². The van der Waals surface area contributed by atoms with Crippen LogP contribution in [0.3, 0.4) is 0 Å². The molecule has 2 amide bonds. The molecule has 0 bridgehead atoms. The number of aromatic nitrogens is 1. The fourth-order valence-electron chi connectivity index (χ4n) is 4.09. The van der Waals surface area contributed by atoms with Crippen LogP contribution in [0.5, 0.6) is 0 Å². The number of piperidine rings is 1. The lowest BCUT2D eigenvalue weighted by molar-refractivity contribution is -0.863. The summed E-state index contributed by atoms with van der Waals surface area (Å²) >= 11 is 1.74. The van der Waals surface area contributed by atoms with Gasteiger partial charge in [0, 0.05) is 32.1 Å². The standard InChI is InChI=1S/C21H28N4O3S/c1-23(14-19(26)24-9-11-28-12-10-24)15-20(27)25-8-4-5-16(13-25)21-22-17-6-2-3-7-18(17)29-21/h2-3,6-7,16H,4-5,8-15H2,1H3/p+1/t16-/m0/s1. The van der Waals surface area contributed by atoms with Gasteiger partial charge in [-0.2, -0.15) is 0 Å². The van der Waals surface area contributed by atoms with Crippen molar-refractivity contribution in [1.29, 1.82) is 0 Å². The van der Waals surface area contributed by atoms with Gasteiger partial charge < -0.3 is 19.4 Å². The van der Waals surface area contributed by atoms with Crippen molar-refractivity contribution in [3.63, 3.8) is 0 Å². The summed E-state index contributed by atoms with van der Waals surface area (Å²) in [4.78, 5) is 34.8. The Bertz CT molecular complexity index is 831. The lowest BCUT2D eigenvalue weighted by Gasteiger charge is -2.32. The molecule has 1 unspecified atom stereocenters. The van der Waals surface area contributed by atoms with Gasteiger partial charge in [-0.1, -0.05) is 12.1 Å². The Kier molecular flexibility index (Phi) is 6.42. The van der Waals surface area contributed by atoms with Crippen LogP contribution in [-0.4, -0.2) is 86.1 Å². The van der Waals surface area contributed by atoms with Crippen LogP contribution in [0.25, 0.3) is 10.2 Å². The molecule has 0 spiro atoms. The van der Waals surface area contributed by atoms with E-state index in [1.54, 1.807) is 11.3 Å². The maximum atomic E-state index is 12.9. The van der Waals surface area contributed by atoms with Crippen LogP contribution in [0.1, 0.15) is 23.8 Å². The van der Waals surface area contributed by atoms with E-state index in [0.29, 0.717) is 45.3 Å². The number of morpholine rings is 1. The second kappa shape index (κ2) is 9.19. The molecule has 29 heavy (non-hydrogen) atoms. The summed E-state index contributed by atoms with van der Waals surface area (Å²) in [5.41, 5.74) is 1.04. The molecule has 0 saturated carbocycles. The summed E-state index contributed by atoms with van der Waals surface area (Å²) in [6.07, 6.45) is 2.07. The number of fused-ring (bicyclic) bond motifs is 1. The highest BCUT2D eigenvalue weighted by Gasteiger charge is 2.29. The van der Waals surface area contributed by atoms with E-state index in [1.165, 1.54) is 4.70 Å². The van der Waals surface area contributed by atoms with Gasteiger partial charge in [-0.15, -0.1) is 11.3 Å². The molecule has 1 aromatic carbocycles. The van der Waals surface area contributed by atoms with Gasteiger partial charge in [-0.25, -0.2) is 4.98 Å². The third-order valence-corrected chi connectivity index (χ3v) is 6.90. The number of thiazole rings is 1. The average Bonchev–Trinajstić information content (AvgIpc) is 3.19. The van der Waals surface area contributed by atoms with Crippen LogP contribution < -0.4 is 4.90 Å². The molecular formula is C21H29N4O3S+. The van der Waals surface area contributed by atoms with Crippen LogP contribution in [0.4, 0.5) is 0 Å². The summed E-state index contributed by atoms with van der Waals surface area (Å²) < 4.78 is 6.50. The fourth-order valence-corrected chi connectivity index (χ4v) is 5.18. The normalized spacial score (nSPS) is 21.3. The van der Waals surface area contributed by atoms with Crippen molar-refractivity contribution < 1.29 is 19.2 Å². The maximum Gasteiger partial charge on any atom is 0.277 e. The molecule has 4 rings (SSSR count). The molecule has 2 atom stereocenters. The first-order valence-corrected chi connectivity index (χ1v) is 11.2. The second-order valence-corrected chi connectivity index (χ2v) is 9.06. The molecule has 7 nitrogen and oxygen atoms in total. The molecule has 0 aliphatic carbocycles. The number of carbonyl (C=O) groups is 2. The van der Waals surface area contributed by atoms with E-state index < -0.39 is 0 Å². The lowest BCUT2D eigenvalue weighted by Crippen LogP contribution is -3.11. The first-order chi connectivity index (χ1) is 14.1. The van der Waals surface area contributed by atoms with Crippen LogP contribution in [-0.2, 0) is 14.3 Å². The minimum Gasteiger partial charge on any atom is -0.378 e. The highest BCUT2D eigenvalue weighted by molar-refractivity contribution is 7.18. The van der Waals surface area contributed by atoms with Crippen molar-refractivity contribution in [1.82, 2.24) is 14.8 Å². The van der Waals surface area contributed by atoms with Crippen molar-refractivity contribution in [2.45, 2.75) is 18.8 Å². The van der Waals surface area contributed by atoms with Gasteiger partial charge in [0.2, 0.25) is 0 Å². The lowest BCUT2D eigenvalue weighted by atomic mass is 9.98. The van der Waals surface area contributed by atoms with Crippen LogP contribution in [0.2, 0.25) is 0 Å². The van der Waals surface area contributed by atoms with Gasteiger partial charge >= 0.3 is 0 Å². The quantitative estimate of drug-likeness (QED) is 0.764. The number of para-hydroxylation sites is 1. The summed E-state index contributed by atoms with van der Waals surface area (Å²) in [5.74, 6) is 0.535. The van der Waals surface area contributed by atoms with E-state index in [9.17, 15) is 9.59 Å². The van der Waals surface area contributed by atoms with E-state index in [2.05, 4.69) is 6.07 Å². The Morgan fingerprint density at radius 3 is 2.62 bits per heavy atom. The van der Waals surface area contributed by atoms with E-state index in [1.807, 2.05) is 35.0 Å². The minimum absolute atomic E-state index is 0.101. The van der Waals surface area contributed by atoms with Gasteiger partial charge in [-0.3, -0.25) is 9.59 Å². The smallest absolute Gasteiger partial charge is 0.277 e. The Hall–Kier alpha value is -2.03. The van der Waals surface area contributed by atoms with Gasteiger partial charge in [0.1, 0.15) is 0 Å². The predicted octanol–water partition coefficient (Wildman–Crippen LogP) is 0.376. The zero-order chi connectivity index (χ0) is 20.2.